The summed E-state index contributed by atoms with van der Waals surface area (Å²) >= 11 is 0. The van der Waals surface area contributed by atoms with E-state index in [0.717, 1.165) is 11.3 Å². The van der Waals surface area contributed by atoms with Gasteiger partial charge in [-0.1, -0.05) is 12.2 Å². The summed E-state index contributed by atoms with van der Waals surface area (Å²) in [6.07, 6.45) is 4.89. The fourth-order valence-electron chi connectivity index (χ4n) is 3.08. The third kappa shape index (κ3) is 0.728. The minimum absolute atomic E-state index is 0.179. The number of hydrogen-bond acceptors (Lipinski definition) is 2. The molecule has 0 N–H and O–H groups in total. The van der Waals surface area contributed by atoms with E-state index in [0.29, 0.717) is 0 Å². The first-order valence-electron chi connectivity index (χ1n) is 4.83. The van der Waals surface area contributed by atoms with Gasteiger partial charge in [-0.2, -0.15) is 0 Å². The molecule has 74 valence electrons. The molecular formula is C10H10FNO2. The molecule has 1 heterocycles. The average molecular weight is 195 g/mol. The highest BCUT2D eigenvalue weighted by Gasteiger charge is 2.59. The lowest BCUT2D eigenvalue weighted by Gasteiger charge is -2.14. The molecule has 2 bridgehead atoms. The van der Waals surface area contributed by atoms with E-state index in [1.54, 1.807) is 0 Å². The van der Waals surface area contributed by atoms with E-state index in [9.17, 15) is 14.0 Å². The lowest BCUT2D eigenvalue weighted by molar-refractivity contribution is -0.142. The molecule has 0 aromatic carbocycles. The van der Waals surface area contributed by atoms with Gasteiger partial charge < -0.3 is 0 Å². The molecule has 0 aromatic heterocycles. The molecule has 4 heteroatoms. The van der Waals surface area contributed by atoms with Crippen LogP contribution < -0.4 is 0 Å². The summed E-state index contributed by atoms with van der Waals surface area (Å²) in [5.74, 6) is -0.767. The van der Waals surface area contributed by atoms with Crippen LogP contribution in [-0.4, -0.2) is 23.5 Å². The summed E-state index contributed by atoms with van der Waals surface area (Å²) < 4.78 is 12.4. The van der Waals surface area contributed by atoms with Crippen LogP contribution in [0.1, 0.15) is 6.42 Å². The number of halogens is 1. The quantitative estimate of drug-likeness (QED) is 0.351. The van der Waals surface area contributed by atoms with Gasteiger partial charge in [-0.3, -0.25) is 14.5 Å². The molecule has 2 fully saturated rings. The molecule has 4 atom stereocenters. The zero-order valence-corrected chi connectivity index (χ0v) is 7.52. The Morgan fingerprint density at radius 1 is 1.21 bits per heavy atom. The first kappa shape index (κ1) is 8.15. The Kier molecular flexibility index (Phi) is 1.42. The molecule has 1 saturated carbocycles. The van der Waals surface area contributed by atoms with Crippen molar-refractivity contribution in [3.8, 4) is 0 Å². The number of rotatable bonds is 1. The van der Waals surface area contributed by atoms with Crippen molar-refractivity contribution in [3.05, 3.63) is 12.2 Å². The number of nitrogens with zero attached hydrogens (tertiary/aromatic N) is 1. The molecule has 3 nitrogen and oxygen atoms in total. The Hall–Kier alpha value is -1.19. The third-order valence-corrected chi connectivity index (χ3v) is 3.68. The minimum Gasteiger partial charge on any atom is -0.274 e. The predicted molar refractivity (Wildman–Crippen MR) is 45.5 cm³/mol. The standard InChI is InChI=1S/C10H10FNO2/c11-4-12-9(13)7-5-1-2-6(3-5)8(7)10(12)14/h1-2,5-8H,3-4H2. The van der Waals surface area contributed by atoms with Gasteiger partial charge in [-0.15, -0.1) is 0 Å². The van der Waals surface area contributed by atoms with Crippen LogP contribution in [0.4, 0.5) is 4.39 Å². The second kappa shape index (κ2) is 2.43. The van der Waals surface area contributed by atoms with Crippen LogP contribution in [0.25, 0.3) is 0 Å². The molecule has 2 aliphatic carbocycles. The molecule has 0 aromatic rings. The molecule has 3 aliphatic rings. The number of amides is 2. The van der Waals surface area contributed by atoms with Crippen LogP contribution in [0.15, 0.2) is 12.2 Å². The topological polar surface area (TPSA) is 37.4 Å². The van der Waals surface area contributed by atoms with Crippen molar-refractivity contribution in [1.82, 2.24) is 4.90 Å². The fraction of sp³-hybridized carbons (Fsp3) is 0.600. The Balaban J connectivity index is 2.02. The van der Waals surface area contributed by atoms with Crippen LogP contribution >= 0.6 is 0 Å². The molecule has 4 unspecified atom stereocenters. The van der Waals surface area contributed by atoms with E-state index in [4.69, 9.17) is 0 Å². The van der Waals surface area contributed by atoms with Gasteiger partial charge in [0, 0.05) is 0 Å². The fourth-order valence-corrected chi connectivity index (χ4v) is 3.08. The largest absolute Gasteiger partial charge is 0.274 e. The van der Waals surface area contributed by atoms with Gasteiger partial charge in [-0.25, -0.2) is 4.39 Å². The molecule has 0 radical (unpaired) electrons. The zero-order valence-electron chi connectivity index (χ0n) is 7.52. The van der Waals surface area contributed by atoms with Crippen LogP contribution in [0.5, 0.6) is 0 Å². The second-order valence-corrected chi connectivity index (χ2v) is 4.22. The Labute approximate surface area is 80.6 Å². The average Bonchev–Trinajstić information content (AvgIpc) is 2.80. The number of carbonyl (C=O) groups is 2. The number of imide groups is 1. The van der Waals surface area contributed by atoms with Crippen molar-refractivity contribution in [2.24, 2.45) is 23.7 Å². The third-order valence-electron chi connectivity index (χ3n) is 3.68. The van der Waals surface area contributed by atoms with Gasteiger partial charge in [0.15, 0.2) is 6.80 Å². The SMILES string of the molecule is O=C1C2C3C=CC(C3)C2C(=O)N1CF. The monoisotopic (exact) mass is 195 g/mol. The van der Waals surface area contributed by atoms with E-state index < -0.39 is 6.80 Å². The van der Waals surface area contributed by atoms with Crippen LogP contribution in [0, 0.1) is 23.7 Å². The molecule has 0 spiro atoms. The maximum Gasteiger partial charge on any atom is 0.235 e. The summed E-state index contributed by atoms with van der Waals surface area (Å²) in [6, 6.07) is 0. The first-order chi connectivity index (χ1) is 6.74. The summed E-state index contributed by atoms with van der Waals surface area (Å²) in [5.41, 5.74) is 0. The van der Waals surface area contributed by atoms with E-state index >= 15 is 0 Å². The highest BCUT2D eigenvalue weighted by atomic mass is 19.1. The van der Waals surface area contributed by atoms with Crippen LogP contribution in [-0.2, 0) is 9.59 Å². The normalized spacial score (nSPS) is 43.9. The summed E-state index contributed by atoms with van der Waals surface area (Å²) in [6.45, 7) is -0.968. The number of allylic oxidation sites excluding steroid dienone is 2. The van der Waals surface area contributed by atoms with E-state index in [2.05, 4.69) is 0 Å². The summed E-state index contributed by atoms with van der Waals surface area (Å²) in [7, 11) is 0. The molecule has 3 rings (SSSR count). The van der Waals surface area contributed by atoms with Gasteiger partial charge in [0.1, 0.15) is 0 Å². The Morgan fingerprint density at radius 2 is 1.71 bits per heavy atom. The van der Waals surface area contributed by atoms with Crippen LogP contribution in [0.2, 0.25) is 0 Å². The number of likely N-dealkylation sites (tertiary alicyclic amines) is 1. The van der Waals surface area contributed by atoms with Crippen molar-refractivity contribution in [2.45, 2.75) is 6.42 Å². The van der Waals surface area contributed by atoms with Crippen molar-refractivity contribution in [3.63, 3.8) is 0 Å². The zero-order chi connectivity index (χ0) is 9.87. The van der Waals surface area contributed by atoms with Crippen molar-refractivity contribution >= 4 is 11.8 Å². The number of fused-ring (bicyclic) bond motifs is 5. The van der Waals surface area contributed by atoms with Gasteiger partial charge in [-0.05, 0) is 18.3 Å². The van der Waals surface area contributed by atoms with Gasteiger partial charge >= 0.3 is 0 Å². The second-order valence-electron chi connectivity index (χ2n) is 4.22. The van der Waals surface area contributed by atoms with Crippen molar-refractivity contribution in [1.29, 1.82) is 0 Å². The van der Waals surface area contributed by atoms with Gasteiger partial charge in [0.2, 0.25) is 11.8 Å². The highest BCUT2D eigenvalue weighted by Crippen LogP contribution is 2.52. The molecule has 1 saturated heterocycles. The van der Waals surface area contributed by atoms with Crippen molar-refractivity contribution < 1.29 is 14.0 Å². The van der Waals surface area contributed by atoms with Gasteiger partial charge in [0.25, 0.3) is 0 Å². The maximum absolute atomic E-state index is 12.4. The highest BCUT2D eigenvalue weighted by molar-refractivity contribution is 6.06. The molecular weight excluding hydrogens is 185 g/mol. The van der Waals surface area contributed by atoms with E-state index in [1.807, 2.05) is 12.2 Å². The predicted octanol–water partition coefficient (Wildman–Crippen LogP) is 0.721. The maximum atomic E-state index is 12.4. The molecule has 14 heavy (non-hydrogen) atoms. The van der Waals surface area contributed by atoms with Gasteiger partial charge in [0.05, 0.1) is 11.8 Å². The summed E-state index contributed by atoms with van der Waals surface area (Å²) in [4.78, 5) is 24.1. The first-order valence-corrected chi connectivity index (χ1v) is 4.83. The smallest absolute Gasteiger partial charge is 0.235 e. The molecule has 2 amide bonds. The number of alkyl halides is 1. The number of hydrogen-bond donors (Lipinski definition) is 0. The lowest BCUT2D eigenvalue weighted by atomic mass is 9.85. The number of carbonyl (C=O) groups excluding carboxylic acids is 2. The van der Waals surface area contributed by atoms with E-state index in [-0.39, 0.29) is 35.5 Å². The van der Waals surface area contributed by atoms with E-state index in [1.165, 1.54) is 0 Å². The molecule has 1 aliphatic heterocycles. The minimum atomic E-state index is -0.968. The van der Waals surface area contributed by atoms with Crippen LogP contribution in [0.3, 0.4) is 0 Å². The lowest BCUT2D eigenvalue weighted by Crippen LogP contribution is -2.32. The Morgan fingerprint density at radius 3 is 2.14 bits per heavy atom. The van der Waals surface area contributed by atoms with Crippen molar-refractivity contribution in [2.75, 3.05) is 6.80 Å². The summed E-state index contributed by atoms with van der Waals surface area (Å²) in [5, 5.41) is 0. The Bertz CT molecular complexity index is 322.